The molecule has 3 saturated heterocycles. The minimum atomic E-state index is -1.19. The van der Waals surface area contributed by atoms with Crippen molar-refractivity contribution in [2.75, 3.05) is 26.3 Å². The highest BCUT2D eigenvalue weighted by Gasteiger charge is 2.77. The van der Waals surface area contributed by atoms with E-state index in [-0.39, 0.29) is 43.1 Å². The average molecular weight is 617 g/mol. The van der Waals surface area contributed by atoms with E-state index in [9.17, 15) is 19.5 Å². The van der Waals surface area contributed by atoms with E-state index in [0.717, 1.165) is 5.52 Å². The number of esters is 1. The maximum atomic E-state index is 14.5. The predicted octanol–water partition coefficient (Wildman–Crippen LogP) is 2.04. The molecule has 1 spiro atoms. The van der Waals surface area contributed by atoms with Crippen LogP contribution in [0.5, 0.6) is 0 Å². The second-order valence-electron chi connectivity index (χ2n) is 10.5. The van der Waals surface area contributed by atoms with Gasteiger partial charge in [0, 0.05) is 24.5 Å². The lowest BCUT2D eigenvalue weighted by Gasteiger charge is -2.37. The largest absolute Gasteiger partial charge is 0.461 e. The first-order valence-electron chi connectivity index (χ1n) is 13.6. The molecule has 4 heterocycles. The molecule has 0 aliphatic carbocycles. The van der Waals surface area contributed by atoms with E-state index in [2.05, 4.69) is 39.4 Å². The van der Waals surface area contributed by atoms with Gasteiger partial charge in [-0.25, -0.2) is 4.68 Å². The molecule has 2 bridgehead atoms. The number of unbranched alkanes of at least 4 members (excludes halogenated alkanes) is 2. The summed E-state index contributed by atoms with van der Waals surface area (Å²) in [5, 5.41) is 17.7. The van der Waals surface area contributed by atoms with Gasteiger partial charge in [-0.15, -0.1) is 11.7 Å². The van der Waals surface area contributed by atoms with Gasteiger partial charge in [0.1, 0.15) is 30.4 Å². The van der Waals surface area contributed by atoms with Gasteiger partial charge in [-0.05, 0) is 37.8 Å². The molecule has 3 unspecified atom stereocenters. The third kappa shape index (κ3) is 4.75. The van der Waals surface area contributed by atoms with Crippen LogP contribution in [0.15, 0.2) is 49.6 Å². The maximum absolute atomic E-state index is 14.5. The quantitative estimate of drug-likeness (QED) is 0.157. The molecule has 40 heavy (non-hydrogen) atoms. The van der Waals surface area contributed by atoms with Gasteiger partial charge in [0.2, 0.25) is 11.8 Å². The van der Waals surface area contributed by atoms with Crippen LogP contribution >= 0.6 is 15.9 Å². The molecule has 1 N–H and O–H groups in total. The van der Waals surface area contributed by atoms with Crippen LogP contribution in [0.1, 0.15) is 25.7 Å². The number of fused-ring (bicyclic) bond motifs is 2. The highest BCUT2D eigenvalue weighted by Crippen LogP contribution is 2.60. The molecule has 11 nitrogen and oxygen atoms in total. The Morgan fingerprint density at radius 1 is 1.25 bits per heavy atom. The molecule has 1 aromatic carbocycles. The number of ether oxygens (including phenoxy) is 2. The van der Waals surface area contributed by atoms with Crippen LogP contribution in [0.3, 0.4) is 0 Å². The number of carbonyl (C=O) groups excluding carboxylic acids is 3. The van der Waals surface area contributed by atoms with Crippen molar-refractivity contribution < 1.29 is 29.0 Å². The molecular weight excluding hydrogens is 582 g/mol. The Morgan fingerprint density at radius 2 is 2.05 bits per heavy atom. The van der Waals surface area contributed by atoms with E-state index in [0.29, 0.717) is 37.7 Å². The zero-order chi connectivity index (χ0) is 28.4. The molecule has 3 fully saturated rings. The van der Waals surface area contributed by atoms with Crippen molar-refractivity contribution in [3.63, 3.8) is 0 Å². The van der Waals surface area contributed by atoms with Crippen molar-refractivity contribution in [2.45, 2.75) is 54.9 Å². The van der Waals surface area contributed by atoms with Crippen LogP contribution in [-0.4, -0.2) is 96.6 Å². The third-order valence-electron chi connectivity index (χ3n) is 8.08. The monoisotopic (exact) mass is 615 g/mol. The number of alkyl halides is 1. The first kappa shape index (κ1) is 28.4. The number of benzene rings is 1. The van der Waals surface area contributed by atoms with Crippen molar-refractivity contribution in [3.8, 4) is 0 Å². The first-order valence-corrected chi connectivity index (χ1v) is 14.5. The molecular formula is C28H34BrN5O6. The normalized spacial score (nSPS) is 28.6. The Morgan fingerprint density at radius 3 is 2.80 bits per heavy atom. The molecule has 3 aliphatic heterocycles. The highest BCUT2D eigenvalue weighted by molar-refractivity contribution is 9.09. The number of carbonyl (C=O) groups is 3. The molecule has 1 aromatic heterocycles. The first-order chi connectivity index (χ1) is 19.4. The van der Waals surface area contributed by atoms with Crippen molar-refractivity contribution in [3.05, 3.63) is 49.6 Å². The minimum Gasteiger partial charge on any atom is -0.461 e. The van der Waals surface area contributed by atoms with Gasteiger partial charge in [0.25, 0.3) is 0 Å². The minimum absolute atomic E-state index is 0.0229. The van der Waals surface area contributed by atoms with Crippen molar-refractivity contribution in [1.29, 1.82) is 0 Å². The van der Waals surface area contributed by atoms with Crippen LogP contribution in [0, 0.1) is 11.8 Å². The number of aliphatic hydroxyl groups excluding tert-OH is 1. The summed E-state index contributed by atoms with van der Waals surface area (Å²) in [7, 11) is 0. The smallest absolute Gasteiger partial charge is 0.312 e. The maximum Gasteiger partial charge on any atom is 0.312 e. The van der Waals surface area contributed by atoms with Gasteiger partial charge < -0.3 is 24.4 Å². The van der Waals surface area contributed by atoms with Gasteiger partial charge in [0.05, 0.1) is 23.5 Å². The van der Waals surface area contributed by atoms with Crippen LogP contribution in [0.2, 0.25) is 0 Å². The predicted molar refractivity (Wildman–Crippen MR) is 149 cm³/mol. The summed E-state index contributed by atoms with van der Waals surface area (Å²) in [6, 6.07) is 6.52. The summed E-state index contributed by atoms with van der Waals surface area (Å²) in [6.07, 6.45) is 4.79. The summed E-state index contributed by atoms with van der Waals surface area (Å²) < 4.78 is 13.6. The fourth-order valence-electron chi connectivity index (χ4n) is 6.46. The van der Waals surface area contributed by atoms with Crippen LogP contribution in [0.25, 0.3) is 11.0 Å². The topological polar surface area (TPSA) is 127 Å². The van der Waals surface area contributed by atoms with Crippen molar-refractivity contribution in [2.24, 2.45) is 11.8 Å². The van der Waals surface area contributed by atoms with Gasteiger partial charge in [-0.1, -0.05) is 52.0 Å². The van der Waals surface area contributed by atoms with E-state index < -0.39 is 35.6 Å². The van der Waals surface area contributed by atoms with Gasteiger partial charge in [-0.3, -0.25) is 14.4 Å². The van der Waals surface area contributed by atoms with Gasteiger partial charge in [-0.2, -0.15) is 0 Å². The van der Waals surface area contributed by atoms with Crippen molar-refractivity contribution in [1.82, 2.24) is 24.8 Å². The zero-order valence-corrected chi connectivity index (χ0v) is 23.8. The molecule has 2 aromatic rings. The fraction of sp³-hybridized carbons (Fsp3) is 0.536. The molecule has 2 amide bonds. The number of rotatable bonds is 13. The van der Waals surface area contributed by atoms with E-state index >= 15 is 0 Å². The van der Waals surface area contributed by atoms with E-state index in [4.69, 9.17) is 9.47 Å². The number of nitrogens with zero attached hydrogens (tertiary/aromatic N) is 5. The standard InChI is InChI=1S/C28H34BrN5O6/c1-3-12-32(17-34-20-11-7-6-10-19(20)30-31-34)26(37)24-28-16-18(29)23(40-28)21(27(38)39-15-4-2)22(28)25(36)33(24)13-8-5-9-14-35/h3-4,6-7,10-11,18,21-24,35H,1-2,5,8-9,12-17H2/t18?,21-,22+,23-,24?,28?/m1/s1. The summed E-state index contributed by atoms with van der Waals surface area (Å²) in [5.74, 6) is -2.80. The van der Waals surface area contributed by atoms with E-state index in [1.54, 1.807) is 20.6 Å². The summed E-state index contributed by atoms with van der Waals surface area (Å²) >= 11 is 3.66. The molecule has 0 saturated carbocycles. The number of aromatic nitrogens is 3. The van der Waals surface area contributed by atoms with Gasteiger partial charge in [0.15, 0.2) is 0 Å². The van der Waals surface area contributed by atoms with Crippen LogP contribution in [-0.2, 0) is 30.5 Å². The third-order valence-corrected chi connectivity index (χ3v) is 8.93. The van der Waals surface area contributed by atoms with E-state index in [1.165, 1.54) is 6.08 Å². The number of para-hydroxylation sites is 1. The molecule has 12 heteroatoms. The number of hydrogen-bond donors (Lipinski definition) is 1. The fourth-order valence-corrected chi connectivity index (χ4v) is 7.40. The lowest BCUT2D eigenvalue weighted by molar-refractivity contribution is -0.154. The Balaban J connectivity index is 1.50. The molecule has 5 rings (SSSR count). The Hall–Kier alpha value is -3.09. The SMILES string of the molecule is C=CCOC(=O)[C@H]1[C@@H]2OC3(CC2Br)C(C(=O)N(CC=C)Cn2nnc4ccccc42)N(CCCCCO)C(=O)[C@H]13. The second-order valence-corrected chi connectivity index (χ2v) is 11.6. The second kappa shape index (κ2) is 11.8. The number of likely N-dealkylation sites (tertiary alicyclic amines) is 1. The lowest BCUT2D eigenvalue weighted by Crippen LogP contribution is -2.57. The highest BCUT2D eigenvalue weighted by atomic mass is 79.9. The number of halogens is 1. The van der Waals surface area contributed by atoms with Crippen molar-refractivity contribution >= 4 is 44.7 Å². The summed E-state index contributed by atoms with van der Waals surface area (Å²) in [4.78, 5) is 44.7. The Kier molecular flexibility index (Phi) is 8.39. The molecule has 3 aliphatic rings. The Bertz CT molecular complexity index is 1300. The van der Waals surface area contributed by atoms with E-state index in [1.807, 2.05) is 24.3 Å². The molecule has 6 atom stereocenters. The number of amides is 2. The number of aliphatic hydroxyl groups is 1. The number of hydrogen-bond acceptors (Lipinski definition) is 8. The summed E-state index contributed by atoms with van der Waals surface area (Å²) in [6.45, 7) is 8.13. The molecule has 0 radical (unpaired) electrons. The lowest BCUT2D eigenvalue weighted by atomic mass is 9.70. The Labute approximate surface area is 240 Å². The average Bonchev–Trinajstić information content (AvgIpc) is 3.66. The molecule has 214 valence electrons. The zero-order valence-electron chi connectivity index (χ0n) is 22.2. The summed E-state index contributed by atoms with van der Waals surface area (Å²) in [5.41, 5.74) is 0.285. The van der Waals surface area contributed by atoms with Gasteiger partial charge >= 0.3 is 5.97 Å². The van der Waals surface area contributed by atoms with Crippen LogP contribution < -0.4 is 0 Å². The van der Waals surface area contributed by atoms with Crippen LogP contribution in [0.4, 0.5) is 0 Å².